The van der Waals surface area contributed by atoms with Gasteiger partial charge in [-0.2, -0.15) is 0 Å². The highest BCUT2D eigenvalue weighted by atomic mass is 16.3. The highest BCUT2D eigenvalue weighted by Crippen LogP contribution is 2.16. The SMILES string of the molecule is C/C=C(/N)c1ccccc1[NH2+]CCC.CC.Nc1ccc(N(CCO)CCO)cc1. The summed E-state index contributed by atoms with van der Waals surface area (Å²) < 4.78 is 0. The molecule has 2 rings (SSSR count). The Morgan fingerprint density at radius 3 is 2.07 bits per heavy atom. The number of nitrogens with two attached hydrogens (primary N) is 3. The highest BCUT2D eigenvalue weighted by Gasteiger charge is 2.06. The van der Waals surface area contributed by atoms with Crippen LogP contribution in [0.15, 0.2) is 54.6 Å². The maximum Gasteiger partial charge on any atom is 0.138 e. The van der Waals surface area contributed by atoms with Gasteiger partial charge in [0.15, 0.2) is 0 Å². The van der Waals surface area contributed by atoms with Crippen molar-refractivity contribution in [2.45, 2.75) is 34.1 Å². The lowest BCUT2D eigenvalue weighted by atomic mass is 10.1. The van der Waals surface area contributed by atoms with E-state index in [9.17, 15) is 0 Å². The van der Waals surface area contributed by atoms with Crippen molar-refractivity contribution in [2.24, 2.45) is 5.73 Å². The molecule has 0 heterocycles. The molecule has 6 heteroatoms. The molecule has 0 fully saturated rings. The van der Waals surface area contributed by atoms with Gasteiger partial charge in [0, 0.05) is 30.2 Å². The minimum absolute atomic E-state index is 0.0738. The molecule has 0 spiro atoms. The maximum atomic E-state index is 8.83. The molecule has 0 aliphatic rings. The van der Waals surface area contributed by atoms with Crippen LogP contribution in [0.4, 0.5) is 17.1 Å². The van der Waals surface area contributed by atoms with Crippen LogP contribution in [0.25, 0.3) is 5.70 Å². The molecular formula is C24H41N4O2+. The first kappa shape index (κ1) is 27.5. The number of benzene rings is 2. The summed E-state index contributed by atoms with van der Waals surface area (Å²) in [5, 5.41) is 19.9. The largest absolute Gasteiger partial charge is 0.399 e. The third-order valence-corrected chi connectivity index (χ3v) is 4.23. The molecule has 0 bridgehead atoms. The monoisotopic (exact) mass is 417 g/mol. The molecule has 2 aromatic rings. The first-order valence-electron chi connectivity index (χ1n) is 10.7. The second-order valence-corrected chi connectivity index (χ2v) is 6.35. The summed E-state index contributed by atoms with van der Waals surface area (Å²) >= 11 is 0. The number of aliphatic hydroxyl groups excluding tert-OH is 2. The molecule has 0 atom stereocenters. The molecule has 0 aliphatic carbocycles. The lowest BCUT2D eigenvalue weighted by Gasteiger charge is -2.22. The molecule has 0 saturated heterocycles. The Morgan fingerprint density at radius 1 is 1.00 bits per heavy atom. The van der Waals surface area contributed by atoms with Gasteiger partial charge in [0.2, 0.25) is 0 Å². The summed E-state index contributed by atoms with van der Waals surface area (Å²) in [5.74, 6) is 0. The Morgan fingerprint density at radius 2 is 1.57 bits per heavy atom. The van der Waals surface area contributed by atoms with E-state index in [0.29, 0.717) is 18.8 Å². The molecule has 6 nitrogen and oxygen atoms in total. The standard InChI is InChI=1S/C12H18N2.C10H16N2O2.C2H6/c1-3-9-14-12-8-6-5-7-10(12)11(13)4-2;11-9-1-3-10(4-2-9)12(5-7-13)6-8-14;1-2/h4-8,14H,3,9,13H2,1-2H3;1-4,13-14H,5-8,11H2;1-2H3/p+1/b11-4+;;. The van der Waals surface area contributed by atoms with Gasteiger partial charge in [0.25, 0.3) is 0 Å². The third kappa shape index (κ3) is 10.3. The van der Waals surface area contributed by atoms with Crippen LogP contribution in [0, 0.1) is 0 Å². The van der Waals surface area contributed by atoms with Crippen LogP contribution < -0.4 is 21.7 Å². The molecule has 0 unspecified atom stereocenters. The van der Waals surface area contributed by atoms with Crippen molar-refractivity contribution in [3.05, 3.63) is 60.2 Å². The Labute approximate surface area is 182 Å². The lowest BCUT2D eigenvalue weighted by Crippen LogP contribution is -2.78. The Balaban J connectivity index is 0.000000518. The van der Waals surface area contributed by atoms with Crippen LogP contribution >= 0.6 is 0 Å². The van der Waals surface area contributed by atoms with Crippen LogP contribution in [0.3, 0.4) is 0 Å². The number of anilines is 2. The first-order valence-corrected chi connectivity index (χ1v) is 10.7. The van der Waals surface area contributed by atoms with Crippen molar-refractivity contribution < 1.29 is 15.5 Å². The predicted octanol–water partition coefficient (Wildman–Crippen LogP) is 2.70. The highest BCUT2D eigenvalue weighted by molar-refractivity contribution is 5.69. The topological polar surface area (TPSA) is 112 Å². The average Bonchev–Trinajstić information content (AvgIpc) is 2.79. The van der Waals surface area contributed by atoms with Crippen molar-refractivity contribution in [2.75, 3.05) is 43.5 Å². The Kier molecular flexibility index (Phi) is 15.9. The fourth-order valence-electron chi connectivity index (χ4n) is 2.69. The number of allylic oxidation sites excluding steroid dienone is 1. The van der Waals surface area contributed by atoms with Crippen molar-refractivity contribution >= 4 is 22.8 Å². The minimum atomic E-state index is 0.0738. The summed E-state index contributed by atoms with van der Waals surface area (Å²) in [5.41, 5.74) is 16.4. The molecule has 0 saturated carbocycles. The third-order valence-electron chi connectivity index (χ3n) is 4.23. The van der Waals surface area contributed by atoms with E-state index < -0.39 is 0 Å². The summed E-state index contributed by atoms with van der Waals surface area (Å²) in [6.07, 6.45) is 3.11. The smallest absolute Gasteiger partial charge is 0.138 e. The van der Waals surface area contributed by atoms with E-state index in [4.69, 9.17) is 21.7 Å². The zero-order valence-corrected chi connectivity index (χ0v) is 19.0. The molecule has 0 aliphatic heterocycles. The zero-order chi connectivity index (χ0) is 22.8. The van der Waals surface area contributed by atoms with Crippen molar-refractivity contribution in [1.29, 1.82) is 0 Å². The predicted molar refractivity (Wildman–Crippen MR) is 130 cm³/mol. The van der Waals surface area contributed by atoms with Gasteiger partial charge in [-0.05, 0) is 49.7 Å². The molecule has 0 aromatic heterocycles. The summed E-state index contributed by atoms with van der Waals surface area (Å²) in [4.78, 5) is 1.90. The fourth-order valence-corrected chi connectivity index (χ4v) is 2.69. The average molecular weight is 418 g/mol. The lowest BCUT2D eigenvalue weighted by molar-refractivity contribution is -0.571. The van der Waals surface area contributed by atoms with Gasteiger partial charge in [-0.15, -0.1) is 0 Å². The van der Waals surface area contributed by atoms with E-state index in [1.54, 1.807) is 12.1 Å². The number of nitrogens with zero attached hydrogens (tertiary/aromatic N) is 1. The van der Waals surface area contributed by atoms with Crippen LogP contribution in [0.5, 0.6) is 0 Å². The number of nitrogen functional groups attached to an aromatic ring is 1. The molecule has 8 N–H and O–H groups in total. The molecular weight excluding hydrogens is 376 g/mol. The second kappa shape index (κ2) is 17.3. The van der Waals surface area contributed by atoms with E-state index in [1.807, 2.05) is 56.0 Å². The Bertz CT molecular complexity index is 697. The molecule has 2 aromatic carbocycles. The number of rotatable bonds is 9. The number of hydrogen-bond donors (Lipinski definition) is 5. The van der Waals surface area contributed by atoms with Crippen LogP contribution in [-0.2, 0) is 0 Å². The van der Waals surface area contributed by atoms with E-state index in [-0.39, 0.29) is 13.2 Å². The molecule has 168 valence electrons. The maximum absolute atomic E-state index is 8.83. The van der Waals surface area contributed by atoms with Gasteiger partial charge < -0.3 is 31.9 Å². The normalized spacial score (nSPS) is 10.4. The van der Waals surface area contributed by atoms with Crippen molar-refractivity contribution in [3.63, 3.8) is 0 Å². The van der Waals surface area contributed by atoms with E-state index in [2.05, 4.69) is 24.4 Å². The molecule has 0 amide bonds. The van der Waals surface area contributed by atoms with Gasteiger partial charge in [0.1, 0.15) is 5.69 Å². The van der Waals surface area contributed by atoms with Crippen molar-refractivity contribution in [3.8, 4) is 0 Å². The molecule has 0 radical (unpaired) electrons. The Hall–Kier alpha value is -2.54. The quantitative estimate of drug-likeness (QED) is 0.403. The zero-order valence-electron chi connectivity index (χ0n) is 19.0. The van der Waals surface area contributed by atoms with E-state index in [1.165, 1.54) is 12.1 Å². The second-order valence-electron chi connectivity index (χ2n) is 6.35. The van der Waals surface area contributed by atoms with E-state index in [0.717, 1.165) is 23.5 Å². The van der Waals surface area contributed by atoms with Gasteiger partial charge in [-0.1, -0.05) is 39.0 Å². The van der Waals surface area contributed by atoms with Gasteiger partial charge >= 0.3 is 0 Å². The van der Waals surface area contributed by atoms with Crippen molar-refractivity contribution in [1.82, 2.24) is 0 Å². The van der Waals surface area contributed by atoms with Gasteiger partial charge in [-0.3, -0.25) is 0 Å². The number of hydrogen-bond acceptors (Lipinski definition) is 5. The van der Waals surface area contributed by atoms with Crippen LogP contribution in [-0.4, -0.2) is 43.1 Å². The summed E-state index contributed by atoms with van der Waals surface area (Å²) in [6.45, 7) is 10.4. The minimum Gasteiger partial charge on any atom is -0.399 e. The number of para-hydroxylation sites is 1. The van der Waals surface area contributed by atoms with E-state index >= 15 is 0 Å². The van der Waals surface area contributed by atoms with Crippen LogP contribution in [0.1, 0.15) is 39.7 Å². The summed E-state index contributed by atoms with van der Waals surface area (Å²) in [6, 6.07) is 15.6. The van der Waals surface area contributed by atoms with Gasteiger partial charge in [0.05, 0.1) is 25.3 Å². The summed E-state index contributed by atoms with van der Waals surface area (Å²) in [7, 11) is 0. The van der Waals surface area contributed by atoms with Gasteiger partial charge in [-0.25, -0.2) is 0 Å². The first-order chi connectivity index (χ1) is 14.6. The number of aliphatic hydroxyl groups is 2. The molecule has 30 heavy (non-hydrogen) atoms. The van der Waals surface area contributed by atoms with Crippen LogP contribution in [0.2, 0.25) is 0 Å². The number of quaternary nitrogens is 1. The fraction of sp³-hybridized carbons (Fsp3) is 0.417.